The summed E-state index contributed by atoms with van der Waals surface area (Å²) in [6.07, 6.45) is 0.933. The van der Waals surface area contributed by atoms with Gasteiger partial charge in [0.1, 0.15) is 6.54 Å². The van der Waals surface area contributed by atoms with Gasteiger partial charge in [0.05, 0.1) is 17.6 Å². The molecule has 1 aromatic carbocycles. The average molecular weight is 244 g/mol. The quantitative estimate of drug-likeness (QED) is 0.732. The number of nitrogens with zero attached hydrogens (tertiary/aromatic N) is 1. The lowest BCUT2D eigenvalue weighted by Gasteiger charge is -2.21. The van der Waals surface area contributed by atoms with E-state index in [1.165, 1.54) is 12.1 Å². The van der Waals surface area contributed by atoms with E-state index in [0.717, 1.165) is 10.6 Å². The Bertz CT molecular complexity index is 498. The molecule has 3 N–H and O–H groups in total. The van der Waals surface area contributed by atoms with E-state index in [1.807, 2.05) is 0 Å². The third-order valence-corrected chi connectivity index (χ3v) is 3.01. The summed E-state index contributed by atoms with van der Waals surface area (Å²) in [7, 11) is -3.66. The Morgan fingerprint density at radius 2 is 2.00 bits per heavy atom. The minimum atomic E-state index is -3.66. The van der Waals surface area contributed by atoms with E-state index in [4.69, 9.17) is 10.8 Å². The second-order valence-electron chi connectivity index (χ2n) is 3.22. The van der Waals surface area contributed by atoms with Crippen LogP contribution in [-0.4, -0.2) is 32.3 Å². The summed E-state index contributed by atoms with van der Waals surface area (Å²) >= 11 is 0. The van der Waals surface area contributed by atoms with Crippen molar-refractivity contribution < 1.29 is 18.3 Å². The molecule has 0 aliphatic heterocycles. The molecule has 88 valence electrons. The molecule has 1 rings (SSSR count). The van der Waals surface area contributed by atoms with Crippen LogP contribution in [0.25, 0.3) is 0 Å². The van der Waals surface area contributed by atoms with Crippen molar-refractivity contribution >= 4 is 27.4 Å². The number of hydrogen-bond donors (Lipinski definition) is 2. The fourth-order valence-electron chi connectivity index (χ4n) is 1.22. The number of nitrogen functional groups attached to an aromatic ring is 1. The van der Waals surface area contributed by atoms with Gasteiger partial charge in [-0.25, -0.2) is 8.42 Å². The topological polar surface area (TPSA) is 101 Å². The second kappa shape index (κ2) is 4.40. The maximum Gasteiger partial charge on any atom is 0.324 e. The molecule has 0 fully saturated rings. The van der Waals surface area contributed by atoms with Crippen molar-refractivity contribution in [3.8, 4) is 0 Å². The van der Waals surface area contributed by atoms with Crippen LogP contribution in [0.1, 0.15) is 0 Å². The maximum absolute atomic E-state index is 11.4. The molecule has 0 saturated carbocycles. The van der Waals surface area contributed by atoms with Gasteiger partial charge in [-0.05, 0) is 12.1 Å². The number of para-hydroxylation sites is 2. The van der Waals surface area contributed by atoms with Gasteiger partial charge in [-0.15, -0.1) is 0 Å². The van der Waals surface area contributed by atoms with E-state index >= 15 is 0 Å². The first-order valence-electron chi connectivity index (χ1n) is 4.36. The highest BCUT2D eigenvalue weighted by atomic mass is 32.2. The number of carboxylic acid groups (broad SMARTS) is 1. The van der Waals surface area contributed by atoms with Crippen molar-refractivity contribution in [2.24, 2.45) is 0 Å². The number of sulfonamides is 1. The van der Waals surface area contributed by atoms with Crippen LogP contribution in [0.4, 0.5) is 11.4 Å². The number of anilines is 2. The van der Waals surface area contributed by atoms with Crippen LogP contribution >= 0.6 is 0 Å². The number of carbonyl (C=O) groups is 1. The van der Waals surface area contributed by atoms with Gasteiger partial charge in [-0.3, -0.25) is 9.10 Å². The first kappa shape index (κ1) is 12.3. The highest BCUT2D eigenvalue weighted by Crippen LogP contribution is 2.24. The molecular formula is C9H12N2O4S. The van der Waals surface area contributed by atoms with Gasteiger partial charge in [0.25, 0.3) is 0 Å². The van der Waals surface area contributed by atoms with Gasteiger partial charge in [-0.2, -0.15) is 0 Å². The lowest BCUT2D eigenvalue weighted by Crippen LogP contribution is -2.35. The zero-order valence-corrected chi connectivity index (χ0v) is 9.44. The van der Waals surface area contributed by atoms with Gasteiger partial charge in [0.15, 0.2) is 0 Å². The SMILES string of the molecule is CS(=O)(=O)N(CC(=O)O)c1ccccc1N. The Kier molecular flexibility index (Phi) is 3.38. The molecule has 6 nitrogen and oxygen atoms in total. The van der Waals surface area contributed by atoms with Crippen molar-refractivity contribution in [3.05, 3.63) is 24.3 Å². The third kappa shape index (κ3) is 2.86. The third-order valence-electron chi connectivity index (χ3n) is 1.88. The van der Waals surface area contributed by atoms with Gasteiger partial charge >= 0.3 is 5.97 Å². The molecule has 0 heterocycles. The zero-order valence-electron chi connectivity index (χ0n) is 8.62. The van der Waals surface area contributed by atoms with Crippen molar-refractivity contribution in [1.82, 2.24) is 0 Å². The van der Waals surface area contributed by atoms with E-state index in [-0.39, 0.29) is 11.4 Å². The van der Waals surface area contributed by atoms with Gasteiger partial charge in [-0.1, -0.05) is 12.1 Å². The summed E-state index contributed by atoms with van der Waals surface area (Å²) in [4.78, 5) is 10.6. The van der Waals surface area contributed by atoms with Crippen LogP contribution < -0.4 is 10.0 Å². The lowest BCUT2D eigenvalue weighted by molar-refractivity contribution is -0.135. The molecule has 16 heavy (non-hydrogen) atoms. The van der Waals surface area contributed by atoms with Crippen LogP contribution in [0.3, 0.4) is 0 Å². The fourth-order valence-corrected chi connectivity index (χ4v) is 2.09. The van der Waals surface area contributed by atoms with Crippen LogP contribution in [0.2, 0.25) is 0 Å². The Hall–Kier alpha value is -1.76. The standard InChI is InChI=1S/C9H12N2O4S/c1-16(14,15)11(6-9(12)13)8-5-3-2-4-7(8)10/h2-5H,6,10H2,1H3,(H,12,13). The maximum atomic E-state index is 11.4. The average Bonchev–Trinajstić information content (AvgIpc) is 2.13. The Morgan fingerprint density at radius 1 is 1.44 bits per heavy atom. The first-order valence-corrected chi connectivity index (χ1v) is 6.21. The van der Waals surface area contributed by atoms with Crippen molar-refractivity contribution in [2.75, 3.05) is 22.8 Å². The Labute approximate surface area is 93.3 Å². The molecule has 7 heteroatoms. The number of rotatable bonds is 4. The number of benzene rings is 1. The minimum Gasteiger partial charge on any atom is -0.480 e. The van der Waals surface area contributed by atoms with E-state index in [9.17, 15) is 13.2 Å². The molecule has 0 aliphatic rings. The lowest BCUT2D eigenvalue weighted by atomic mass is 10.3. The van der Waals surface area contributed by atoms with Crippen LogP contribution in [0, 0.1) is 0 Å². The van der Waals surface area contributed by atoms with Gasteiger partial charge < -0.3 is 10.8 Å². The Morgan fingerprint density at radius 3 is 2.44 bits per heavy atom. The number of hydrogen-bond acceptors (Lipinski definition) is 4. The normalized spacial score (nSPS) is 11.1. The van der Waals surface area contributed by atoms with Crippen molar-refractivity contribution in [2.45, 2.75) is 0 Å². The largest absolute Gasteiger partial charge is 0.480 e. The van der Waals surface area contributed by atoms with Gasteiger partial charge in [0.2, 0.25) is 10.0 Å². The molecule has 0 saturated heterocycles. The summed E-state index contributed by atoms with van der Waals surface area (Å²) in [5, 5.41) is 8.65. The van der Waals surface area contributed by atoms with E-state index < -0.39 is 22.5 Å². The summed E-state index contributed by atoms with van der Waals surface area (Å²) in [6.45, 7) is -0.646. The van der Waals surface area contributed by atoms with Crippen LogP contribution in [0.5, 0.6) is 0 Å². The molecule has 1 aromatic rings. The predicted octanol–water partition coefficient (Wildman–Crippen LogP) is 0.119. The summed E-state index contributed by atoms with van der Waals surface area (Å²) < 4.78 is 23.6. The van der Waals surface area contributed by atoms with Gasteiger partial charge in [0, 0.05) is 0 Å². The highest BCUT2D eigenvalue weighted by Gasteiger charge is 2.21. The molecule has 0 aromatic heterocycles. The molecular weight excluding hydrogens is 232 g/mol. The van der Waals surface area contributed by atoms with Crippen LogP contribution in [-0.2, 0) is 14.8 Å². The van der Waals surface area contributed by atoms with E-state index in [2.05, 4.69) is 0 Å². The predicted molar refractivity (Wildman–Crippen MR) is 60.7 cm³/mol. The van der Waals surface area contributed by atoms with E-state index in [0.29, 0.717) is 0 Å². The smallest absolute Gasteiger partial charge is 0.324 e. The summed E-state index contributed by atoms with van der Waals surface area (Å²) in [5.41, 5.74) is 5.99. The van der Waals surface area contributed by atoms with E-state index in [1.54, 1.807) is 12.1 Å². The molecule has 0 unspecified atom stereocenters. The summed E-state index contributed by atoms with van der Waals surface area (Å²) in [5.74, 6) is -1.24. The Balaban J connectivity index is 3.22. The molecule has 0 spiro atoms. The highest BCUT2D eigenvalue weighted by molar-refractivity contribution is 7.92. The second-order valence-corrected chi connectivity index (χ2v) is 5.13. The molecule has 0 aliphatic carbocycles. The zero-order chi connectivity index (χ0) is 12.3. The summed E-state index contributed by atoms with van der Waals surface area (Å²) in [6, 6.07) is 6.19. The van der Waals surface area contributed by atoms with Crippen LogP contribution in [0.15, 0.2) is 24.3 Å². The first-order chi connectivity index (χ1) is 7.32. The van der Waals surface area contributed by atoms with Crippen molar-refractivity contribution in [3.63, 3.8) is 0 Å². The van der Waals surface area contributed by atoms with Crippen molar-refractivity contribution in [1.29, 1.82) is 0 Å². The molecule has 0 amide bonds. The molecule has 0 atom stereocenters. The molecule has 0 bridgehead atoms. The number of aliphatic carboxylic acids is 1. The monoisotopic (exact) mass is 244 g/mol. The molecule has 0 radical (unpaired) electrons. The number of nitrogens with two attached hydrogens (primary N) is 1. The minimum absolute atomic E-state index is 0.174. The number of carboxylic acids is 1. The fraction of sp³-hybridized carbons (Fsp3) is 0.222.